The van der Waals surface area contributed by atoms with E-state index in [0.717, 1.165) is 31.7 Å². The van der Waals surface area contributed by atoms with Crippen molar-refractivity contribution in [2.24, 2.45) is 0 Å². The van der Waals surface area contributed by atoms with Crippen LogP contribution < -0.4 is 0 Å². The van der Waals surface area contributed by atoms with Crippen LogP contribution >= 0.6 is 0 Å². The third-order valence-corrected chi connectivity index (χ3v) is 4.02. The molecule has 1 aliphatic rings. The number of carbonyl (C=O) groups excluding carboxylic acids is 2. The average molecular weight is 304 g/mol. The fourth-order valence-corrected chi connectivity index (χ4v) is 2.50. The molecular formula is C16H24N4O2. The van der Waals surface area contributed by atoms with Gasteiger partial charge in [0.25, 0.3) is 0 Å². The number of hydrogen-bond donors (Lipinski definition) is 0. The van der Waals surface area contributed by atoms with E-state index < -0.39 is 0 Å². The standard InChI is InChI=1S/C16H24N4O2/c1-14(21)20(13-15-3-6-17-7-4-15)8-5-16(22)19-11-9-18(2)10-12-19/h3-4,6-7H,5,8-13H2,1-2H3. The second-order valence-corrected chi connectivity index (χ2v) is 5.73. The summed E-state index contributed by atoms with van der Waals surface area (Å²) in [5.41, 5.74) is 1.03. The molecule has 0 aliphatic carbocycles. The summed E-state index contributed by atoms with van der Waals surface area (Å²) in [4.78, 5) is 33.8. The van der Waals surface area contributed by atoms with Crippen molar-refractivity contribution in [2.75, 3.05) is 39.8 Å². The van der Waals surface area contributed by atoms with Crippen LogP contribution in [-0.4, -0.2) is 71.3 Å². The van der Waals surface area contributed by atoms with Gasteiger partial charge in [-0.05, 0) is 24.7 Å². The van der Waals surface area contributed by atoms with Crippen LogP contribution in [0.5, 0.6) is 0 Å². The van der Waals surface area contributed by atoms with E-state index >= 15 is 0 Å². The van der Waals surface area contributed by atoms with E-state index in [2.05, 4.69) is 16.9 Å². The highest BCUT2D eigenvalue weighted by Gasteiger charge is 2.20. The quantitative estimate of drug-likeness (QED) is 0.799. The number of carbonyl (C=O) groups is 2. The molecule has 6 heteroatoms. The Labute approximate surface area is 131 Å². The van der Waals surface area contributed by atoms with Crippen molar-refractivity contribution in [3.63, 3.8) is 0 Å². The van der Waals surface area contributed by atoms with Crippen LogP contribution in [0, 0.1) is 0 Å². The molecule has 2 heterocycles. The predicted molar refractivity (Wildman–Crippen MR) is 84.0 cm³/mol. The summed E-state index contributed by atoms with van der Waals surface area (Å²) in [5, 5.41) is 0. The number of hydrogen-bond acceptors (Lipinski definition) is 4. The van der Waals surface area contributed by atoms with E-state index in [1.165, 1.54) is 0 Å². The molecule has 120 valence electrons. The Morgan fingerprint density at radius 3 is 2.41 bits per heavy atom. The number of rotatable bonds is 5. The zero-order chi connectivity index (χ0) is 15.9. The molecule has 0 radical (unpaired) electrons. The first-order valence-electron chi connectivity index (χ1n) is 7.67. The zero-order valence-corrected chi connectivity index (χ0v) is 13.4. The number of amides is 2. The molecule has 22 heavy (non-hydrogen) atoms. The number of pyridine rings is 1. The fourth-order valence-electron chi connectivity index (χ4n) is 2.50. The lowest BCUT2D eigenvalue weighted by Gasteiger charge is -2.33. The molecule has 1 aromatic heterocycles. The highest BCUT2D eigenvalue weighted by Crippen LogP contribution is 2.07. The van der Waals surface area contributed by atoms with Crippen LogP contribution in [0.25, 0.3) is 0 Å². The molecule has 0 bridgehead atoms. The van der Waals surface area contributed by atoms with E-state index in [1.807, 2.05) is 17.0 Å². The van der Waals surface area contributed by atoms with Gasteiger partial charge in [-0.2, -0.15) is 0 Å². The second-order valence-electron chi connectivity index (χ2n) is 5.73. The minimum Gasteiger partial charge on any atom is -0.340 e. The molecule has 0 saturated carbocycles. The van der Waals surface area contributed by atoms with E-state index in [0.29, 0.717) is 19.5 Å². The van der Waals surface area contributed by atoms with Crippen LogP contribution in [0.2, 0.25) is 0 Å². The largest absolute Gasteiger partial charge is 0.340 e. The summed E-state index contributed by atoms with van der Waals surface area (Å²) < 4.78 is 0. The molecule has 1 fully saturated rings. The van der Waals surface area contributed by atoms with Gasteiger partial charge in [0.05, 0.1) is 0 Å². The van der Waals surface area contributed by atoms with Gasteiger partial charge in [0.2, 0.25) is 11.8 Å². The Bertz CT molecular complexity index is 498. The van der Waals surface area contributed by atoms with Crippen LogP contribution in [0.3, 0.4) is 0 Å². The van der Waals surface area contributed by atoms with Crippen molar-refractivity contribution in [1.29, 1.82) is 0 Å². The van der Waals surface area contributed by atoms with Gasteiger partial charge in [0, 0.05) is 65.0 Å². The minimum absolute atomic E-state index is 0.0111. The van der Waals surface area contributed by atoms with E-state index in [9.17, 15) is 9.59 Å². The Morgan fingerprint density at radius 1 is 1.18 bits per heavy atom. The van der Waals surface area contributed by atoms with E-state index in [-0.39, 0.29) is 11.8 Å². The molecule has 0 atom stereocenters. The molecule has 0 aromatic carbocycles. The van der Waals surface area contributed by atoms with Gasteiger partial charge < -0.3 is 14.7 Å². The zero-order valence-electron chi connectivity index (χ0n) is 13.4. The molecule has 1 aromatic rings. The number of likely N-dealkylation sites (N-methyl/N-ethyl adjacent to an activating group) is 1. The van der Waals surface area contributed by atoms with E-state index in [4.69, 9.17) is 0 Å². The summed E-state index contributed by atoms with van der Waals surface area (Å²) in [7, 11) is 2.06. The molecule has 6 nitrogen and oxygen atoms in total. The third-order valence-electron chi connectivity index (χ3n) is 4.02. The van der Waals surface area contributed by atoms with Crippen molar-refractivity contribution < 1.29 is 9.59 Å². The first kappa shape index (κ1) is 16.4. The van der Waals surface area contributed by atoms with Crippen LogP contribution in [0.15, 0.2) is 24.5 Å². The highest BCUT2D eigenvalue weighted by molar-refractivity contribution is 5.78. The summed E-state index contributed by atoms with van der Waals surface area (Å²) >= 11 is 0. The maximum Gasteiger partial charge on any atom is 0.224 e. The normalized spacial score (nSPS) is 15.6. The molecular weight excluding hydrogens is 280 g/mol. The van der Waals surface area contributed by atoms with Crippen molar-refractivity contribution in [2.45, 2.75) is 19.9 Å². The minimum atomic E-state index is -0.0111. The topological polar surface area (TPSA) is 56.8 Å². The number of nitrogens with zero attached hydrogens (tertiary/aromatic N) is 4. The lowest BCUT2D eigenvalue weighted by atomic mass is 10.2. The van der Waals surface area contributed by atoms with Crippen LogP contribution in [0.4, 0.5) is 0 Å². The van der Waals surface area contributed by atoms with Gasteiger partial charge in [-0.25, -0.2) is 0 Å². The monoisotopic (exact) mass is 304 g/mol. The molecule has 2 rings (SSSR count). The summed E-state index contributed by atoms with van der Waals surface area (Å²) in [6, 6.07) is 3.77. The van der Waals surface area contributed by atoms with Gasteiger partial charge >= 0.3 is 0 Å². The molecule has 0 spiro atoms. The lowest BCUT2D eigenvalue weighted by molar-refractivity contribution is -0.134. The smallest absolute Gasteiger partial charge is 0.224 e. The molecule has 0 N–H and O–H groups in total. The molecule has 2 amide bonds. The van der Waals surface area contributed by atoms with Crippen molar-refractivity contribution >= 4 is 11.8 Å². The number of piperazine rings is 1. The Hall–Kier alpha value is -1.95. The Morgan fingerprint density at radius 2 is 1.82 bits per heavy atom. The molecule has 1 saturated heterocycles. The maximum atomic E-state index is 12.2. The molecule has 0 unspecified atom stereocenters. The van der Waals surface area contributed by atoms with Crippen LogP contribution in [-0.2, 0) is 16.1 Å². The summed E-state index contributed by atoms with van der Waals surface area (Å²) in [5.74, 6) is 0.122. The highest BCUT2D eigenvalue weighted by atomic mass is 16.2. The third kappa shape index (κ3) is 4.80. The SMILES string of the molecule is CC(=O)N(CCC(=O)N1CCN(C)CC1)Cc1ccncc1. The first-order valence-corrected chi connectivity index (χ1v) is 7.67. The Balaban J connectivity index is 1.84. The maximum absolute atomic E-state index is 12.2. The summed E-state index contributed by atoms with van der Waals surface area (Å²) in [6.07, 6.45) is 3.81. The van der Waals surface area contributed by atoms with Crippen molar-refractivity contribution in [3.8, 4) is 0 Å². The van der Waals surface area contributed by atoms with Gasteiger partial charge in [0.1, 0.15) is 0 Å². The van der Waals surface area contributed by atoms with Crippen molar-refractivity contribution in [3.05, 3.63) is 30.1 Å². The average Bonchev–Trinajstić information content (AvgIpc) is 2.52. The van der Waals surface area contributed by atoms with E-state index in [1.54, 1.807) is 24.2 Å². The first-order chi connectivity index (χ1) is 10.6. The lowest BCUT2D eigenvalue weighted by Crippen LogP contribution is -2.47. The van der Waals surface area contributed by atoms with Gasteiger partial charge in [-0.15, -0.1) is 0 Å². The number of aromatic nitrogens is 1. The van der Waals surface area contributed by atoms with Gasteiger partial charge in [0.15, 0.2) is 0 Å². The Kier molecular flexibility index (Phi) is 5.89. The summed E-state index contributed by atoms with van der Waals surface area (Å²) in [6.45, 7) is 5.91. The fraction of sp³-hybridized carbons (Fsp3) is 0.562. The van der Waals surface area contributed by atoms with Gasteiger partial charge in [-0.3, -0.25) is 14.6 Å². The molecule has 1 aliphatic heterocycles. The van der Waals surface area contributed by atoms with Crippen molar-refractivity contribution in [1.82, 2.24) is 19.7 Å². The van der Waals surface area contributed by atoms with Gasteiger partial charge in [-0.1, -0.05) is 0 Å². The second kappa shape index (κ2) is 7.89. The van der Waals surface area contributed by atoms with Crippen LogP contribution in [0.1, 0.15) is 18.9 Å². The predicted octanol–water partition coefficient (Wildman–Crippen LogP) is 0.594.